The van der Waals surface area contributed by atoms with Crippen LogP contribution in [-0.4, -0.2) is 109 Å². The number of nitrogens with zero attached hydrogens (tertiary/aromatic N) is 4. The first-order chi connectivity index (χ1) is 30.7. The second-order valence-electron chi connectivity index (χ2n) is 21.1. The van der Waals surface area contributed by atoms with Crippen molar-refractivity contribution in [2.24, 2.45) is 0 Å². The standard InChI is InChI=1S/C21H28BN3O3.C15H16BrN3O.C12H24B2O4/c1-14(26)25-12-6-7-18(25)19-23-13-17(24-19)15-8-10-16(11-9-15)22-27-20(2,3)21(4,5)28-22;1-10(20)19-8-2-3-14(19)15-17-9-13(18-15)11-4-6-12(16)7-5-11;1-9(2)10(3,4)16-13(15-9)14-17-11(5,6)12(7,8)18-14/h8-11,13,18H,6-7,12H2,1-5H3,(H,23,24);4-7,9,14H,2-3,8H2,1H3,(H,17,18);1-8H3/t18-;14-;/m00./s1. The van der Waals surface area contributed by atoms with Gasteiger partial charge in [-0.3, -0.25) is 9.59 Å². The quantitative estimate of drug-likeness (QED) is 0.179. The SMILES string of the molecule is CC(=O)N1CCC[C@H]1c1ncc(-c2ccc(B3OC(C)(C)C(C)(C)O3)cc2)[nH]1.CC(=O)N1CCC[C@H]1c1ncc(-c2ccc(Br)cc2)[nH]1.CC1(C)OB(B2OC(C)(C)C(C)(C)O2)OC1(C)C. The lowest BCUT2D eigenvalue weighted by Gasteiger charge is -2.32. The molecule has 5 saturated heterocycles. The van der Waals surface area contributed by atoms with Crippen molar-refractivity contribution in [2.75, 3.05) is 13.1 Å². The van der Waals surface area contributed by atoms with Gasteiger partial charge in [0.15, 0.2) is 0 Å². The molecule has 2 aromatic carbocycles. The van der Waals surface area contributed by atoms with Gasteiger partial charge in [0.05, 0.1) is 69.5 Å². The second kappa shape index (κ2) is 18.6. The topological polar surface area (TPSA) is 153 Å². The molecule has 0 bridgehead atoms. The lowest BCUT2D eigenvalue weighted by atomic mass is 9.49. The minimum absolute atomic E-state index is 0.0512. The lowest BCUT2D eigenvalue weighted by molar-refractivity contribution is -0.130. The van der Waals surface area contributed by atoms with E-state index in [1.165, 1.54) is 0 Å². The zero-order valence-corrected chi connectivity index (χ0v) is 42.9. The van der Waals surface area contributed by atoms with Crippen molar-refractivity contribution < 1.29 is 37.5 Å². The van der Waals surface area contributed by atoms with Gasteiger partial charge < -0.3 is 47.7 Å². The summed E-state index contributed by atoms with van der Waals surface area (Å²) in [4.78, 5) is 43.0. The van der Waals surface area contributed by atoms with Crippen LogP contribution in [-0.2, 0) is 37.5 Å². The molecule has 2 atom stereocenters. The number of hydrogen-bond acceptors (Lipinski definition) is 10. The largest absolute Gasteiger partial charge is 0.494 e. The van der Waals surface area contributed by atoms with E-state index in [1.54, 1.807) is 13.8 Å². The molecule has 5 fully saturated rings. The van der Waals surface area contributed by atoms with Gasteiger partial charge in [0.1, 0.15) is 11.6 Å². The number of halogens is 1. The molecule has 18 heteroatoms. The van der Waals surface area contributed by atoms with Gasteiger partial charge in [0, 0.05) is 31.4 Å². The Labute approximate surface area is 400 Å². The summed E-state index contributed by atoms with van der Waals surface area (Å²) in [5, 5.41) is 0. The predicted octanol–water partition coefficient (Wildman–Crippen LogP) is 8.83. The molecule has 5 aliphatic rings. The molecule has 66 heavy (non-hydrogen) atoms. The summed E-state index contributed by atoms with van der Waals surface area (Å²) < 4.78 is 37.1. The number of hydrogen-bond donors (Lipinski definition) is 2. The zero-order valence-electron chi connectivity index (χ0n) is 41.3. The van der Waals surface area contributed by atoms with Crippen LogP contribution in [0.5, 0.6) is 0 Å². The van der Waals surface area contributed by atoms with E-state index in [0.717, 1.165) is 82.9 Å². The number of imidazole rings is 2. The van der Waals surface area contributed by atoms with Crippen LogP contribution in [0.25, 0.3) is 22.5 Å². The number of rotatable bonds is 6. The highest BCUT2D eigenvalue weighted by atomic mass is 79.9. The van der Waals surface area contributed by atoms with Gasteiger partial charge in [-0.1, -0.05) is 52.3 Å². The minimum Gasteiger partial charge on any atom is -0.405 e. The Morgan fingerprint density at radius 1 is 0.561 bits per heavy atom. The number of benzene rings is 2. The fourth-order valence-electron chi connectivity index (χ4n) is 8.59. The maximum absolute atomic E-state index is 11.8. The normalized spacial score (nSPS) is 24.3. The van der Waals surface area contributed by atoms with Crippen LogP contribution in [0.2, 0.25) is 0 Å². The molecular formula is C48H68B3BrN6O8. The minimum atomic E-state index is -0.476. The summed E-state index contributed by atoms with van der Waals surface area (Å²) >= 11 is 3.43. The molecule has 354 valence electrons. The van der Waals surface area contributed by atoms with Crippen molar-refractivity contribution in [1.29, 1.82) is 0 Å². The lowest BCUT2D eigenvalue weighted by Crippen LogP contribution is -2.41. The van der Waals surface area contributed by atoms with Crippen molar-refractivity contribution in [3.8, 4) is 22.5 Å². The number of nitrogens with one attached hydrogen (secondary N) is 2. The van der Waals surface area contributed by atoms with Gasteiger partial charge >= 0.3 is 21.1 Å². The van der Waals surface area contributed by atoms with Gasteiger partial charge in [-0.2, -0.15) is 0 Å². The van der Waals surface area contributed by atoms with Crippen LogP contribution in [0.3, 0.4) is 0 Å². The maximum Gasteiger partial charge on any atom is 0.494 e. The van der Waals surface area contributed by atoms with E-state index in [1.807, 2.05) is 114 Å². The third kappa shape index (κ3) is 10.3. The van der Waals surface area contributed by atoms with Crippen LogP contribution in [0.4, 0.5) is 0 Å². The van der Waals surface area contributed by atoms with Crippen molar-refractivity contribution in [3.63, 3.8) is 0 Å². The second-order valence-corrected chi connectivity index (χ2v) is 22.0. The summed E-state index contributed by atoms with van der Waals surface area (Å²) in [7, 11) is -1.31. The number of aromatic amines is 2. The van der Waals surface area contributed by atoms with E-state index < -0.39 is 14.0 Å². The van der Waals surface area contributed by atoms with Crippen LogP contribution < -0.4 is 5.46 Å². The molecule has 2 amide bonds. The average Bonchev–Trinajstić information content (AvgIpc) is 4.09. The molecule has 5 aliphatic heterocycles. The molecule has 2 N–H and O–H groups in total. The van der Waals surface area contributed by atoms with Crippen molar-refractivity contribution in [1.82, 2.24) is 29.7 Å². The first-order valence-corrected chi connectivity index (χ1v) is 24.1. The van der Waals surface area contributed by atoms with E-state index in [4.69, 9.17) is 27.9 Å². The predicted molar refractivity (Wildman–Crippen MR) is 262 cm³/mol. The Bertz CT molecular complexity index is 2270. The molecule has 0 unspecified atom stereocenters. The van der Waals surface area contributed by atoms with Gasteiger partial charge in [-0.05, 0) is 137 Å². The molecule has 9 rings (SSSR count). The van der Waals surface area contributed by atoms with Crippen molar-refractivity contribution >= 4 is 54.3 Å². The molecule has 14 nitrogen and oxygen atoms in total. The van der Waals surface area contributed by atoms with Gasteiger partial charge in [-0.15, -0.1) is 0 Å². The van der Waals surface area contributed by atoms with Crippen molar-refractivity contribution in [2.45, 2.75) is 168 Å². The Kier molecular flexibility index (Phi) is 14.1. The summed E-state index contributed by atoms with van der Waals surface area (Å²) in [5.74, 6) is 1.97. The number of H-pyrrole nitrogens is 2. The molecule has 0 radical (unpaired) electrons. The number of amides is 2. The molecule has 0 spiro atoms. The Morgan fingerprint density at radius 3 is 1.24 bits per heavy atom. The third-order valence-corrected chi connectivity index (χ3v) is 15.3. The zero-order chi connectivity index (χ0) is 48.2. The number of carbonyl (C=O) groups excluding carboxylic acids is 2. The number of likely N-dealkylation sites (tertiary alicyclic amines) is 2. The van der Waals surface area contributed by atoms with Gasteiger partial charge in [-0.25, -0.2) is 9.97 Å². The fourth-order valence-corrected chi connectivity index (χ4v) is 8.85. The molecule has 0 saturated carbocycles. The third-order valence-electron chi connectivity index (χ3n) is 14.8. The Balaban J connectivity index is 0.000000152. The van der Waals surface area contributed by atoms with E-state index >= 15 is 0 Å². The highest BCUT2D eigenvalue weighted by molar-refractivity contribution is 9.10. The van der Waals surface area contributed by atoms with Gasteiger partial charge in [0.2, 0.25) is 11.8 Å². The molecule has 4 aromatic rings. The van der Waals surface area contributed by atoms with E-state index in [2.05, 4.69) is 75.7 Å². The smallest absolute Gasteiger partial charge is 0.405 e. The monoisotopic (exact) mass is 968 g/mol. The summed E-state index contributed by atoms with van der Waals surface area (Å²) in [6.07, 6.45) is 7.67. The van der Waals surface area contributed by atoms with E-state index in [9.17, 15) is 9.59 Å². The van der Waals surface area contributed by atoms with Crippen LogP contribution >= 0.6 is 15.9 Å². The first-order valence-electron chi connectivity index (χ1n) is 23.3. The summed E-state index contributed by atoms with van der Waals surface area (Å²) in [6, 6.07) is 16.4. The number of carbonyl (C=O) groups is 2. The maximum atomic E-state index is 11.8. The highest BCUT2D eigenvalue weighted by Crippen LogP contribution is 2.43. The molecular weight excluding hydrogens is 901 g/mol. The highest BCUT2D eigenvalue weighted by Gasteiger charge is 2.63. The Morgan fingerprint density at radius 2 is 0.894 bits per heavy atom. The van der Waals surface area contributed by atoms with E-state index in [-0.39, 0.29) is 64.6 Å². The van der Waals surface area contributed by atoms with Crippen LogP contribution in [0.1, 0.15) is 146 Å². The molecule has 0 aliphatic carbocycles. The fraction of sp³-hybridized carbons (Fsp3) is 0.583. The van der Waals surface area contributed by atoms with E-state index in [0.29, 0.717) is 0 Å². The molecule has 7 heterocycles. The van der Waals surface area contributed by atoms with Crippen LogP contribution in [0.15, 0.2) is 65.4 Å². The summed E-state index contributed by atoms with van der Waals surface area (Å²) in [5.41, 5.74) is 2.95. The number of aromatic nitrogens is 4. The first kappa shape index (κ1) is 50.1. The Hall–Kier alpha value is -3.77. The van der Waals surface area contributed by atoms with Gasteiger partial charge in [0.25, 0.3) is 0 Å². The molecule has 2 aromatic heterocycles. The summed E-state index contributed by atoms with van der Waals surface area (Å²) in [6.45, 7) is 29.3. The average molecular weight is 969 g/mol. The van der Waals surface area contributed by atoms with Crippen LogP contribution in [0, 0.1) is 0 Å². The van der Waals surface area contributed by atoms with Crippen molar-refractivity contribution in [3.05, 3.63) is 77.0 Å².